The average molecular weight is 372 g/mol. The maximum absolute atomic E-state index is 14.6. The van der Waals surface area contributed by atoms with Crippen LogP contribution in [0.4, 0.5) is 4.39 Å². The molecule has 1 saturated heterocycles. The van der Waals surface area contributed by atoms with Gasteiger partial charge in [0, 0.05) is 22.7 Å². The zero-order valence-corrected chi connectivity index (χ0v) is 15.8. The van der Waals surface area contributed by atoms with Crippen molar-refractivity contribution in [1.82, 2.24) is 15.3 Å². The van der Waals surface area contributed by atoms with Crippen molar-refractivity contribution in [3.63, 3.8) is 0 Å². The van der Waals surface area contributed by atoms with E-state index in [9.17, 15) is 4.39 Å². The number of piperidine rings is 1. The third-order valence-corrected chi connectivity index (χ3v) is 5.63. The number of benzene rings is 1. The standard InChI is InChI=1S/C21H23ClFN3/c1-12(2)18-16-11-14(13-5-8-24-9-6-13)3-4-17(16)26-20(18)15-7-10-25-21(22)19(15)23/h3-4,7,10-13,24,26H,5-6,8-9H2,1-2H3. The molecule has 4 rings (SSSR count). The molecular weight excluding hydrogens is 349 g/mol. The van der Waals surface area contributed by atoms with Gasteiger partial charge in [-0.3, -0.25) is 0 Å². The SMILES string of the molecule is CC(C)c1c(-c2ccnc(Cl)c2F)[nH]c2ccc(C3CCNCC3)cc12. The number of hydrogen-bond donors (Lipinski definition) is 2. The highest BCUT2D eigenvalue weighted by Gasteiger charge is 2.22. The van der Waals surface area contributed by atoms with Crippen LogP contribution >= 0.6 is 11.6 Å². The van der Waals surface area contributed by atoms with Crippen LogP contribution in [0.15, 0.2) is 30.5 Å². The van der Waals surface area contributed by atoms with Crippen LogP contribution in [0, 0.1) is 5.82 Å². The van der Waals surface area contributed by atoms with Crippen LogP contribution in [0.3, 0.4) is 0 Å². The van der Waals surface area contributed by atoms with Crippen LogP contribution in [0.1, 0.15) is 49.7 Å². The van der Waals surface area contributed by atoms with Gasteiger partial charge in [-0.15, -0.1) is 0 Å². The topological polar surface area (TPSA) is 40.7 Å². The summed E-state index contributed by atoms with van der Waals surface area (Å²) in [6.45, 7) is 6.42. The summed E-state index contributed by atoms with van der Waals surface area (Å²) in [5, 5.41) is 4.51. The molecule has 1 fully saturated rings. The fourth-order valence-corrected chi connectivity index (χ4v) is 4.22. The number of aromatic amines is 1. The Hall–Kier alpha value is -1.91. The van der Waals surface area contributed by atoms with Gasteiger partial charge in [0.25, 0.3) is 0 Å². The number of pyridine rings is 1. The average Bonchev–Trinajstić information content (AvgIpc) is 3.03. The summed E-state index contributed by atoms with van der Waals surface area (Å²) in [7, 11) is 0. The quantitative estimate of drug-likeness (QED) is 0.587. The molecule has 26 heavy (non-hydrogen) atoms. The minimum atomic E-state index is -0.471. The van der Waals surface area contributed by atoms with Gasteiger partial charge in [-0.25, -0.2) is 9.37 Å². The van der Waals surface area contributed by atoms with Crippen molar-refractivity contribution < 1.29 is 4.39 Å². The highest BCUT2D eigenvalue weighted by molar-refractivity contribution is 6.29. The Bertz CT molecular complexity index is 942. The first-order valence-electron chi connectivity index (χ1n) is 9.23. The number of hydrogen-bond acceptors (Lipinski definition) is 2. The van der Waals surface area contributed by atoms with E-state index in [4.69, 9.17) is 11.6 Å². The van der Waals surface area contributed by atoms with Crippen molar-refractivity contribution in [3.05, 3.63) is 52.6 Å². The number of fused-ring (bicyclic) bond motifs is 1. The molecule has 0 spiro atoms. The summed E-state index contributed by atoms with van der Waals surface area (Å²) in [5.74, 6) is 0.376. The molecule has 136 valence electrons. The molecule has 0 saturated carbocycles. The summed E-state index contributed by atoms with van der Waals surface area (Å²) < 4.78 is 14.6. The van der Waals surface area contributed by atoms with Crippen LogP contribution < -0.4 is 5.32 Å². The Morgan fingerprint density at radius 3 is 2.69 bits per heavy atom. The summed E-state index contributed by atoms with van der Waals surface area (Å²) in [6.07, 6.45) is 3.87. The van der Waals surface area contributed by atoms with Crippen LogP contribution in [-0.4, -0.2) is 23.1 Å². The lowest BCUT2D eigenvalue weighted by atomic mass is 9.88. The predicted molar refractivity (Wildman–Crippen MR) is 105 cm³/mol. The molecule has 0 amide bonds. The molecule has 3 heterocycles. The Balaban J connectivity index is 1.89. The lowest BCUT2D eigenvalue weighted by Crippen LogP contribution is -2.26. The molecule has 0 bridgehead atoms. The summed E-state index contributed by atoms with van der Waals surface area (Å²) >= 11 is 5.92. The molecule has 3 nitrogen and oxygen atoms in total. The summed E-state index contributed by atoms with van der Waals surface area (Å²) in [4.78, 5) is 7.26. The van der Waals surface area contributed by atoms with Gasteiger partial charge < -0.3 is 10.3 Å². The fourth-order valence-electron chi connectivity index (χ4n) is 4.06. The Kier molecular flexibility index (Phi) is 4.72. The molecule has 2 aromatic heterocycles. The van der Waals surface area contributed by atoms with E-state index in [0.717, 1.165) is 42.7 Å². The van der Waals surface area contributed by atoms with Crippen LogP contribution in [-0.2, 0) is 0 Å². The molecule has 0 unspecified atom stereocenters. The molecule has 2 N–H and O–H groups in total. The van der Waals surface area contributed by atoms with Crippen LogP contribution in [0.2, 0.25) is 5.15 Å². The molecule has 0 atom stereocenters. The molecule has 0 radical (unpaired) electrons. The molecule has 1 aliphatic heterocycles. The second-order valence-corrected chi connectivity index (χ2v) is 7.72. The third kappa shape index (κ3) is 3.01. The maximum Gasteiger partial charge on any atom is 0.169 e. The Morgan fingerprint density at radius 1 is 1.19 bits per heavy atom. The van der Waals surface area contributed by atoms with E-state index >= 15 is 0 Å². The smallest absolute Gasteiger partial charge is 0.169 e. The van der Waals surface area contributed by atoms with E-state index in [1.54, 1.807) is 12.3 Å². The van der Waals surface area contributed by atoms with E-state index in [2.05, 4.69) is 47.3 Å². The second kappa shape index (κ2) is 7.01. The number of nitrogens with zero attached hydrogens (tertiary/aromatic N) is 1. The molecule has 3 aromatic rings. The van der Waals surface area contributed by atoms with Crippen molar-refractivity contribution in [3.8, 4) is 11.3 Å². The van der Waals surface area contributed by atoms with Crippen LogP contribution in [0.25, 0.3) is 22.2 Å². The van der Waals surface area contributed by atoms with E-state index in [1.807, 2.05) is 0 Å². The van der Waals surface area contributed by atoms with Crippen molar-refractivity contribution in [2.24, 2.45) is 0 Å². The largest absolute Gasteiger partial charge is 0.354 e. The zero-order chi connectivity index (χ0) is 18.3. The minimum Gasteiger partial charge on any atom is -0.354 e. The lowest BCUT2D eigenvalue weighted by Gasteiger charge is -2.23. The normalized spacial score (nSPS) is 15.9. The van der Waals surface area contributed by atoms with E-state index in [0.29, 0.717) is 11.5 Å². The van der Waals surface area contributed by atoms with Gasteiger partial charge in [-0.05, 0) is 67.1 Å². The highest BCUT2D eigenvalue weighted by Crippen LogP contribution is 2.39. The Morgan fingerprint density at radius 2 is 1.96 bits per heavy atom. The summed E-state index contributed by atoms with van der Waals surface area (Å²) in [6, 6.07) is 8.31. The first-order chi connectivity index (χ1) is 12.6. The first kappa shape index (κ1) is 17.5. The number of aromatic nitrogens is 2. The van der Waals surface area contributed by atoms with E-state index < -0.39 is 5.82 Å². The maximum atomic E-state index is 14.6. The fraction of sp³-hybridized carbons (Fsp3) is 0.381. The first-order valence-corrected chi connectivity index (χ1v) is 9.60. The Labute approximate surface area is 158 Å². The van der Waals surface area contributed by atoms with Gasteiger partial charge in [0.2, 0.25) is 0 Å². The number of rotatable bonds is 3. The molecule has 1 aromatic carbocycles. The van der Waals surface area contributed by atoms with E-state index in [-0.39, 0.29) is 11.1 Å². The second-order valence-electron chi connectivity index (χ2n) is 7.36. The van der Waals surface area contributed by atoms with Crippen LogP contribution in [0.5, 0.6) is 0 Å². The molecule has 5 heteroatoms. The monoisotopic (exact) mass is 371 g/mol. The van der Waals surface area contributed by atoms with Crippen molar-refractivity contribution in [2.75, 3.05) is 13.1 Å². The van der Waals surface area contributed by atoms with Gasteiger partial charge in [0.15, 0.2) is 11.0 Å². The van der Waals surface area contributed by atoms with Crippen molar-refractivity contribution in [1.29, 1.82) is 0 Å². The van der Waals surface area contributed by atoms with Gasteiger partial charge in [-0.2, -0.15) is 0 Å². The van der Waals surface area contributed by atoms with Crippen molar-refractivity contribution in [2.45, 2.75) is 38.5 Å². The van der Waals surface area contributed by atoms with Gasteiger partial charge >= 0.3 is 0 Å². The predicted octanol–water partition coefficient (Wildman–Crippen LogP) is 5.61. The van der Waals surface area contributed by atoms with Gasteiger partial charge in [0.05, 0.1) is 5.69 Å². The van der Waals surface area contributed by atoms with E-state index in [1.165, 1.54) is 10.9 Å². The summed E-state index contributed by atoms with van der Waals surface area (Å²) in [5.41, 5.74) is 4.83. The van der Waals surface area contributed by atoms with Crippen molar-refractivity contribution >= 4 is 22.5 Å². The minimum absolute atomic E-state index is 0.0914. The molecular formula is C21H23ClFN3. The number of halogens is 2. The highest BCUT2D eigenvalue weighted by atomic mass is 35.5. The number of H-pyrrole nitrogens is 1. The molecule has 0 aliphatic carbocycles. The lowest BCUT2D eigenvalue weighted by molar-refractivity contribution is 0.460. The van der Waals surface area contributed by atoms with Gasteiger partial charge in [0.1, 0.15) is 0 Å². The van der Waals surface area contributed by atoms with Gasteiger partial charge in [-0.1, -0.05) is 31.5 Å². The zero-order valence-electron chi connectivity index (χ0n) is 15.1. The number of nitrogens with one attached hydrogen (secondary N) is 2. The third-order valence-electron chi connectivity index (χ3n) is 5.37. The molecule has 1 aliphatic rings.